The van der Waals surface area contributed by atoms with E-state index in [1.54, 1.807) is 96.1 Å². The Morgan fingerprint density at radius 1 is 0.689 bits per heavy atom. The van der Waals surface area contributed by atoms with Crippen LogP contribution in [0.4, 0.5) is 15.5 Å². The Bertz CT molecular complexity index is 1420. The number of amides is 2. The van der Waals surface area contributed by atoms with Gasteiger partial charge in [-0.25, -0.2) is 29.1 Å². The van der Waals surface area contributed by atoms with E-state index in [9.17, 15) is 29.4 Å². The summed E-state index contributed by atoms with van der Waals surface area (Å²) in [5, 5.41) is 24.0. The zero-order chi connectivity index (χ0) is 33.5. The molecule has 0 saturated heterocycles. The predicted molar refractivity (Wildman–Crippen MR) is 166 cm³/mol. The maximum absolute atomic E-state index is 12.1. The van der Waals surface area contributed by atoms with Gasteiger partial charge in [-0.15, -0.1) is 0 Å². The number of benzene rings is 2. The lowest BCUT2D eigenvalue weighted by molar-refractivity contribution is -0.140. The minimum atomic E-state index is -1.19. The molecule has 6 N–H and O–H groups in total. The van der Waals surface area contributed by atoms with Crippen molar-refractivity contribution >= 4 is 30.1 Å². The van der Waals surface area contributed by atoms with Gasteiger partial charge in [0.1, 0.15) is 23.3 Å². The number of alkyl carbamates (subject to hydrolysis) is 2. The second-order valence-corrected chi connectivity index (χ2v) is 12.4. The first-order valence-corrected chi connectivity index (χ1v) is 14.2. The number of nitrogens with zero attached hydrogens (tertiary/aromatic N) is 2. The lowest BCUT2D eigenvalue weighted by Gasteiger charge is -2.22. The molecule has 3 aromatic rings. The third-order valence-electron chi connectivity index (χ3n) is 6.10. The van der Waals surface area contributed by atoms with Gasteiger partial charge >= 0.3 is 24.1 Å². The first-order valence-electron chi connectivity index (χ1n) is 14.2. The number of anilines is 1. The lowest BCUT2D eigenvalue weighted by Crippen LogP contribution is -2.44. The highest BCUT2D eigenvalue weighted by molar-refractivity contribution is 5.81. The number of carbonyl (C=O) groups is 4. The van der Waals surface area contributed by atoms with Crippen LogP contribution >= 0.6 is 0 Å². The van der Waals surface area contributed by atoms with Gasteiger partial charge < -0.3 is 36.1 Å². The van der Waals surface area contributed by atoms with E-state index >= 15 is 0 Å². The standard InChI is InChI=1S/C32H39N5O8/c1-31(2,3)44-29(42)36-24(26(38)39)15-18-7-11-20(12-8-18)22-17-23(35-28(33)34-22)21-13-9-19(10-14-21)16-25(27(40)41)37-30(43)45-32(4,5)6/h7-14,17,24-25H,15-16H2,1-6H3,(H,36,42)(H,37,43)(H,38,39)(H,40,41)(H2,33,34,35)/t24-,25+. The first kappa shape index (κ1) is 34.3. The van der Waals surface area contributed by atoms with Crippen LogP contribution in [0.1, 0.15) is 52.7 Å². The number of carboxylic acids is 2. The van der Waals surface area contributed by atoms with E-state index < -0.39 is 47.4 Å². The molecule has 0 aliphatic heterocycles. The second kappa shape index (κ2) is 14.1. The molecule has 1 heterocycles. The third kappa shape index (κ3) is 11.1. The molecule has 0 fully saturated rings. The average Bonchev–Trinajstić information content (AvgIpc) is 2.90. The van der Waals surface area contributed by atoms with Crippen LogP contribution < -0.4 is 16.4 Å². The molecule has 0 radical (unpaired) electrons. The van der Waals surface area contributed by atoms with Crippen molar-refractivity contribution in [2.45, 2.75) is 77.7 Å². The highest BCUT2D eigenvalue weighted by atomic mass is 16.6. The van der Waals surface area contributed by atoms with Gasteiger partial charge in [-0.05, 0) is 58.7 Å². The van der Waals surface area contributed by atoms with Crippen molar-refractivity contribution in [2.24, 2.45) is 0 Å². The highest BCUT2D eigenvalue weighted by Crippen LogP contribution is 2.26. The Hall–Kier alpha value is -5.20. The van der Waals surface area contributed by atoms with Gasteiger partial charge in [-0.3, -0.25) is 0 Å². The van der Waals surface area contributed by atoms with Crippen LogP contribution in [0, 0.1) is 0 Å². The zero-order valence-electron chi connectivity index (χ0n) is 26.1. The zero-order valence-corrected chi connectivity index (χ0v) is 26.1. The fourth-order valence-corrected chi connectivity index (χ4v) is 4.16. The monoisotopic (exact) mass is 621 g/mol. The maximum Gasteiger partial charge on any atom is 0.408 e. The summed E-state index contributed by atoms with van der Waals surface area (Å²) in [7, 11) is 0. The van der Waals surface area contributed by atoms with Crippen LogP contribution in [0.15, 0.2) is 54.6 Å². The number of nitrogens with two attached hydrogens (primary N) is 1. The van der Waals surface area contributed by atoms with Gasteiger partial charge in [0, 0.05) is 24.0 Å². The number of hydrogen-bond acceptors (Lipinski definition) is 9. The molecule has 240 valence electrons. The molecular weight excluding hydrogens is 582 g/mol. The van der Waals surface area contributed by atoms with Crippen LogP contribution in [0.5, 0.6) is 0 Å². The Morgan fingerprint density at radius 2 is 1.02 bits per heavy atom. The molecule has 0 aliphatic carbocycles. The summed E-state index contributed by atoms with van der Waals surface area (Å²) >= 11 is 0. The fraction of sp³-hybridized carbons (Fsp3) is 0.375. The van der Waals surface area contributed by atoms with Crippen molar-refractivity contribution < 1.29 is 38.9 Å². The molecule has 13 heteroatoms. The molecule has 0 saturated carbocycles. The molecule has 0 bridgehead atoms. The van der Waals surface area contributed by atoms with Crippen LogP contribution in [-0.4, -0.2) is 67.6 Å². The summed E-state index contributed by atoms with van der Waals surface area (Å²) in [6.07, 6.45) is -1.56. The summed E-state index contributed by atoms with van der Waals surface area (Å²) in [4.78, 5) is 56.3. The molecule has 0 aliphatic rings. The summed E-state index contributed by atoms with van der Waals surface area (Å²) in [6, 6.07) is 13.4. The summed E-state index contributed by atoms with van der Waals surface area (Å²) < 4.78 is 10.3. The fourth-order valence-electron chi connectivity index (χ4n) is 4.16. The van der Waals surface area contributed by atoms with Crippen molar-refractivity contribution in [1.29, 1.82) is 0 Å². The second-order valence-electron chi connectivity index (χ2n) is 12.4. The normalized spacial score (nSPS) is 12.8. The molecule has 2 atom stereocenters. The number of aromatic nitrogens is 2. The smallest absolute Gasteiger partial charge is 0.408 e. The van der Waals surface area contributed by atoms with E-state index in [4.69, 9.17) is 15.2 Å². The molecular formula is C32H39N5O8. The Balaban J connectivity index is 1.73. The van der Waals surface area contributed by atoms with Crippen molar-refractivity contribution in [3.8, 4) is 22.5 Å². The molecule has 1 aromatic heterocycles. The SMILES string of the molecule is CC(C)(C)OC(=O)N[C@@H](Cc1ccc(-c2cc(-c3ccc(C[C@@H](NC(=O)OC(C)(C)C)C(=O)O)cc3)nc(N)n2)cc1)C(=O)O. The van der Waals surface area contributed by atoms with Crippen LogP contribution in [0.25, 0.3) is 22.5 Å². The Kier molecular flexibility index (Phi) is 10.7. The van der Waals surface area contributed by atoms with Gasteiger partial charge in [0.25, 0.3) is 0 Å². The van der Waals surface area contributed by atoms with E-state index in [0.29, 0.717) is 33.6 Å². The number of ether oxygens (including phenoxy) is 2. The Labute approximate surface area is 261 Å². The third-order valence-corrected chi connectivity index (χ3v) is 6.10. The predicted octanol–water partition coefficient (Wildman–Crippen LogP) is 4.43. The number of nitrogens with one attached hydrogen (secondary N) is 2. The van der Waals surface area contributed by atoms with E-state index in [-0.39, 0.29) is 18.8 Å². The number of carbonyl (C=O) groups excluding carboxylic acids is 2. The van der Waals surface area contributed by atoms with Crippen LogP contribution in [0.2, 0.25) is 0 Å². The van der Waals surface area contributed by atoms with E-state index in [1.165, 1.54) is 0 Å². The molecule has 13 nitrogen and oxygen atoms in total. The van der Waals surface area contributed by atoms with Crippen molar-refractivity contribution in [3.63, 3.8) is 0 Å². The topological polar surface area (TPSA) is 203 Å². The van der Waals surface area contributed by atoms with Gasteiger partial charge in [-0.1, -0.05) is 48.5 Å². The van der Waals surface area contributed by atoms with Crippen LogP contribution in [-0.2, 0) is 31.9 Å². The van der Waals surface area contributed by atoms with E-state index in [1.807, 2.05) is 0 Å². The maximum atomic E-state index is 12.1. The highest BCUT2D eigenvalue weighted by Gasteiger charge is 2.25. The summed E-state index contributed by atoms with van der Waals surface area (Å²) in [5.41, 5.74) is 8.29. The first-order chi connectivity index (χ1) is 20.9. The van der Waals surface area contributed by atoms with Crippen molar-refractivity contribution in [3.05, 3.63) is 65.7 Å². The summed E-state index contributed by atoms with van der Waals surface area (Å²) in [5.74, 6) is -2.35. The lowest BCUT2D eigenvalue weighted by atomic mass is 10.0. The molecule has 2 amide bonds. The minimum Gasteiger partial charge on any atom is -0.480 e. The van der Waals surface area contributed by atoms with Gasteiger partial charge in [0.15, 0.2) is 0 Å². The largest absolute Gasteiger partial charge is 0.480 e. The van der Waals surface area contributed by atoms with Gasteiger partial charge in [0.05, 0.1) is 11.4 Å². The number of aliphatic carboxylic acids is 2. The average molecular weight is 622 g/mol. The molecule has 0 spiro atoms. The molecule has 3 rings (SSSR count). The summed E-state index contributed by atoms with van der Waals surface area (Å²) in [6.45, 7) is 10.1. The number of nitrogen functional groups attached to an aromatic ring is 1. The van der Waals surface area contributed by atoms with E-state index in [2.05, 4.69) is 20.6 Å². The number of rotatable bonds is 10. The molecule has 0 unspecified atom stereocenters. The minimum absolute atomic E-state index is 0.0361. The quantitative estimate of drug-likeness (QED) is 0.214. The number of hydrogen-bond donors (Lipinski definition) is 5. The van der Waals surface area contributed by atoms with Crippen LogP contribution in [0.3, 0.4) is 0 Å². The Morgan fingerprint density at radius 3 is 1.31 bits per heavy atom. The van der Waals surface area contributed by atoms with Gasteiger partial charge in [0.2, 0.25) is 5.95 Å². The molecule has 45 heavy (non-hydrogen) atoms. The number of carboxylic acid groups (broad SMARTS) is 2. The van der Waals surface area contributed by atoms with E-state index in [0.717, 1.165) is 0 Å². The molecule has 2 aromatic carbocycles. The van der Waals surface area contributed by atoms with Crippen molar-refractivity contribution in [2.75, 3.05) is 5.73 Å². The van der Waals surface area contributed by atoms with Gasteiger partial charge in [-0.2, -0.15) is 0 Å². The van der Waals surface area contributed by atoms with Crippen molar-refractivity contribution in [1.82, 2.24) is 20.6 Å².